The third-order valence-electron chi connectivity index (χ3n) is 3.81. The predicted octanol–water partition coefficient (Wildman–Crippen LogP) is 3.74. The monoisotopic (exact) mass is 372 g/mol. The molecule has 138 valence electrons. The highest BCUT2D eigenvalue weighted by Crippen LogP contribution is 2.19. The minimum atomic E-state index is -0.432. The molecule has 28 heavy (non-hydrogen) atoms. The van der Waals surface area contributed by atoms with E-state index >= 15 is 0 Å². The second kappa shape index (κ2) is 8.47. The fourth-order valence-electron chi connectivity index (χ4n) is 2.50. The number of ether oxygens (including phenoxy) is 1. The summed E-state index contributed by atoms with van der Waals surface area (Å²) in [6.07, 6.45) is 1.51. The summed E-state index contributed by atoms with van der Waals surface area (Å²) in [4.78, 5) is 28.2. The number of hydrogen-bond acceptors (Lipinski definition) is 6. The van der Waals surface area contributed by atoms with Crippen LogP contribution >= 0.6 is 0 Å². The van der Waals surface area contributed by atoms with Gasteiger partial charge < -0.3 is 15.4 Å². The van der Waals surface area contributed by atoms with Gasteiger partial charge in [0.15, 0.2) is 0 Å². The van der Waals surface area contributed by atoms with Crippen LogP contribution in [0.5, 0.6) is 0 Å². The average Bonchev–Trinajstić information content (AvgIpc) is 2.73. The number of rotatable bonds is 5. The molecule has 0 saturated carbocycles. The van der Waals surface area contributed by atoms with Crippen molar-refractivity contribution in [1.29, 1.82) is 5.26 Å². The number of esters is 1. The molecule has 1 aromatic heterocycles. The van der Waals surface area contributed by atoms with Crippen LogP contribution in [-0.4, -0.2) is 24.0 Å². The summed E-state index contributed by atoms with van der Waals surface area (Å²) in [5, 5.41) is 14.8. The van der Waals surface area contributed by atoms with Crippen molar-refractivity contribution in [3.8, 4) is 6.07 Å². The number of amides is 1. The summed E-state index contributed by atoms with van der Waals surface area (Å²) in [5.41, 5.74) is 2.88. The molecular formula is C21H16N4O3. The molecule has 0 saturated heterocycles. The van der Waals surface area contributed by atoms with E-state index < -0.39 is 11.9 Å². The second-order valence-corrected chi connectivity index (χ2v) is 5.77. The molecule has 0 fully saturated rings. The number of nitrogens with zero attached hydrogens (tertiary/aromatic N) is 2. The molecule has 7 nitrogen and oxygen atoms in total. The van der Waals surface area contributed by atoms with Gasteiger partial charge in [0, 0.05) is 23.3 Å². The molecule has 0 radical (unpaired) electrons. The Hall–Kier alpha value is -4.18. The van der Waals surface area contributed by atoms with Crippen molar-refractivity contribution in [2.24, 2.45) is 0 Å². The largest absolute Gasteiger partial charge is 0.465 e. The summed E-state index contributed by atoms with van der Waals surface area (Å²) in [6, 6.07) is 18.8. The number of methoxy groups -OCH3 is 1. The SMILES string of the molecule is COC(=O)c1cccc(Nc2ccnc(C(=O)Nc3cccc(C#N)c3)c2)c1. The first-order chi connectivity index (χ1) is 13.6. The van der Waals surface area contributed by atoms with Gasteiger partial charge in [0.1, 0.15) is 5.69 Å². The van der Waals surface area contributed by atoms with E-state index in [1.165, 1.54) is 13.3 Å². The summed E-state index contributed by atoms with van der Waals surface area (Å²) in [6.45, 7) is 0. The van der Waals surface area contributed by atoms with Gasteiger partial charge in [-0.25, -0.2) is 4.79 Å². The lowest BCUT2D eigenvalue weighted by Gasteiger charge is -2.09. The number of benzene rings is 2. The van der Waals surface area contributed by atoms with E-state index in [1.54, 1.807) is 60.7 Å². The zero-order valence-electron chi connectivity index (χ0n) is 15.0. The maximum atomic E-state index is 12.5. The van der Waals surface area contributed by atoms with Crippen LogP contribution in [-0.2, 0) is 4.74 Å². The lowest BCUT2D eigenvalue weighted by atomic mass is 10.2. The van der Waals surface area contributed by atoms with Gasteiger partial charge in [-0.15, -0.1) is 0 Å². The van der Waals surface area contributed by atoms with Gasteiger partial charge >= 0.3 is 5.97 Å². The molecule has 0 aliphatic carbocycles. The highest BCUT2D eigenvalue weighted by atomic mass is 16.5. The van der Waals surface area contributed by atoms with E-state index in [0.717, 1.165) is 0 Å². The number of aromatic nitrogens is 1. The first-order valence-electron chi connectivity index (χ1n) is 8.32. The van der Waals surface area contributed by atoms with Crippen LogP contribution in [0.1, 0.15) is 26.4 Å². The van der Waals surface area contributed by atoms with E-state index in [2.05, 4.69) is 15.6 Å². The van der Waals surface area contributed by atoms with Crippen molar-refractivity contribution in [1.82, 2.24) is 4.98 Å². The van der Waals surface area contributed by atoms with Gasteiger partial charge in [0.2, 0.25) is 0 Å². The Bertz CT molecular complexity index is 1070. The maximum Gasteiger partial charge on any atom is 0.337 e. The zero-order valence-corrected chi connectivity index (χ0v) is 15.0. The standard InChI is InChI=1S/C21H16N4O3/c1-28-21(27)15-5-3-7-17(11-15)24-18-8-9-23-19(12-18)20(26)25-16-6-2-4-14(10-16)13-22/h2-12H,1H3,(H,23,24)(H,25,26). The van der Waals surface area contributed by atoms with Crippen molar-refractivity contribution in [2.75, 3.05) is 17.7 Å². The molecule has 3 aromatic rings. The highest BCUT2D eigenvalue weighted by Gasteiger charge is 2.10. The van der Waals surface area contributed by atoms with Crippen molar-refractivity contribution >= 4 is 28.9 Å². The fourth-order valence-corrected chi connectivity index (χ4v) is 2.50. The van der Waals surface area contributed by atoms with E-state index in [0.29, 0.717) is 28.2 Å². The number of nitrogens with one attached hydrogen (secondary N) is 2. The van der Waals surface area contributed by atoms with Gasteiger partial charge in [0.05, 0.1) is 24.3 Å². The Labute approximate surface area is 161 Å². The van der Waals surface area contributed by atoms with Crippen molar-refractivity contribution < 1.29 is 14.3 Å². The zero-order chi connectivity index (χ0) is 19.9. The van der Waals surface area contributed by atoms with Crippen LogP contribution in [0, 0.1) is 11.3 Å². The van der Waals surface area contributed by atoms with Crippen LogP contribution in [0.25, 0.3) is 0 Å². The molecule has 3 rings (SSSR count). The van der Waals surface area contributed by atoms with E-state index in [4.69, 9.17) is 10.00 Å². The summed E-state index contributed by atoms with van der Waals surface area (Å²) < 4.78 is 4.72. The fraction of sp³-hybridized carbons (Fsp3) is 0.0476. The predicted molar refractivity (Wildman–Crippen MR) is 104 cm³/mol. The molecular weight excluding hydrogens is 356 g/mol. The maximum absolute atomic E-state index is 12.5. The molecule has 0 aliphatic rings. The quantitative estimate of drug-likeness (QED) is 0.661. The molecule has 0 atom stereocenters. The Morgan fingerprint density at radius 1 is 1.00 bits per heavy atom. The van der Waals surface area contributed by atoms with E-state index in [9.17, 15) is 9.59 Å². The highest BCUT2D eigenvalue weighted by molar-refractivity contribution is 6.03. The number of carbonyl (C=O) groups is 2. The van der Waals surface area contributed by atoms with Crippen LogP contribution < -0.4 is 10.6 Å². The molecule has 2 N–H and O–H groups in total. The number of anilines is 3. The summed E-state index contributed by atoms with van der Waals surface area (Å²) in [7, 11) is 1.32. The van der Waals surface area contributed by atoms with Crippen molar-refractivity contribution in [3.63, 3.8) is 0 Å². The normalized spacial score (nSPS) is 9.86. The van der Waals surface area contributed by atoms with Crippen molar-refractivity contribution in [2.45, 2.75) is 0 Å². The Morgan fingerprint density at radius 3 is 2.54 bits per heavy atom. The lowest BCUT2D eigenvalue weighted by molar-refractivity contribution is 0.0600. The van der Waals surface area contributed by atoms with Gasteiger partial charge in [-0.2, -0.15) is 5.26 Å². The van der Waals surface area contributed by atoms with Crippen LogP contribution in [0.4, 0.5) is 17.1 Å². The number of hydrogen-bond donors (Lipinski definition) is 2. The van der Waals surface area contributed by atoms with E-state index in [-0.39, 0.29) is 5.69 Å². The Kier molecular flexibility index (Phi) is 5.63. The van der Waals surface area contributed by atoms with Gasteiger partial charge in [-0.3, -0.25) is 9.78 Å². The van der Waals surface area contributed by atoms with Gasteiger partial charge in [-0.1, -0.05) is 12.1 Å². The van der Waals surface area contributed by atoms with Crippen molar-refractivity contribution in [3.05, 3.63) is 83.7 Å². The molecule has 7 heteroatoms. The third-order valence-corrected chi connectivity index (χ3v) is 3.81. The molecule has 0 unspecified atom stereocenters. The van der Waals surface area contributed by atoms with Gasteiger partial charge in [-0.05, 0) is 48.5 Å². The average molecular weight is 372 g/mol. The second-order valence-electron chi connectivity index (χ2n) is 5.77. The minimum Gasteiger partial charge on any atom is -0.465 e. The molecule has 0 bridgehead atoms. The first-order valence-corrected chi connectivity index (χ1v) is 8.32. The van der Waals surface area contributed by atoms with E-state index in [1.807, 2.05) is 6.07 Å². The summed E-state index contributed by atoms with van der Waals surface area (Å²) in [5.74, 6) is -0.833. The number of nitriles is 1. The molecule has 1 heterocycles. The molecule has 0 spiro atoms. The Balaban J connectivity index is 1.76. The number of pyridine rings is 1. The topological polar surface area (TPSA) is 104 Å². The minimum absolute atomic E-state index is 0.205. The van der Waals surface area contributed by atoms with Crippen LogP contribution in [0.15, 0.2) is 66.9 Å². The van der Waals surface area contributed by atoms with Crippen LogP contribution in [0.3, 0.4) is 0 Å². The smallest absolute Gasteiger partial charge is 0.337 e. The third kappa shape index (κ3) is 4.51. The van der Waals surface area contributed by atoms with Gasteiger partial charge in [0.25, 0.3) is 5.91 Å². The molecule has 2 aromatic carbocycles. The first kappa shape index (κ1) is 18.6. The summed E-state index contributed by atoms with van der Waals surface area (Å²) >= 11 is 0. The lowest BCUT2D eigenvalue weighted by Crippen LogP contribution is -2.13. The number of carbonyl (C=O) groups excluding carboxylic acids is 2. The molecule has 1 amide bonds. The Morgan fingerprint density at radius 2 is 1.75 bits per heavy atom. The van der Waals surface area contributed by atoms with Crippen LogP contribution in [0.2, 0.25) is 0 Å². The molecule has 0 aliphatic heterocycles.